The normalized spacial score (nSPS) is 44.7. The summed E-state index contributed by atoms with van der Waals surface area (Å²) in [6.07, 6.45) is 4.01. The Labute approximate surface area is 111 Å². The molecule has 0 aromatic carbocycles. The van der Waals surface area contributed by atoms with E-state index in [4.69, 9.17) is 10.5 Å². The van der Waals surface area contributed by atoms with Gasteiger partial charge in [-0.15, -0.1) is 0 Å². The zero-order valence-corrected chi connectivity index (χ0v) is 11.2. The van der Waals surface area contributed by atoms with Crippen LogP contribution in [0.15, 0.2) is 28.6 Å². The quantitative estimate of drug-likeness (QED) is 0.542. The Hall–Kier alpha value is -1.39. The molecule has 100 valence electrons. The molecule has 4 atom stereocenters. The number of hydrogen-bond donors (Lipinski definition) is 2. The Kier molecular flexibility index (Phi) is 1.92. The molecular formula is C15H18N2O2. The van der Waals surface area contributed by atoms with Gasteiger partial charge in [0, 0.05) is 24.1 Å². The Bertz CT molecular complexity index is 662. The van der Waals surface area contributed by atoms with E-state index >= 15 is 0 Å². The van der Waals surface area contributed by atoms with Gasteiger partial charge < -0.3 is 15.5 Å². The van der Waals surface area contributed by atoms with E-state index in [0.29, 0.717) is 5.92 Å². The molecule has 4 rings (SSSR count). The third kappa shape index (κ3) is 1.28. The molecule has 0 spiro atoms. The maximum Gasteiger partial charge on any atom is 0.248 e. The first-order chi connectivity index (χ1) is 8.98. The summed E-state index contributed by atoms with van der Waals surface area (Å²) >= 11 is 0. The van der Waals surface area contributed by atoms with Crippen molar-refractivity contribution < 1.29 is 4.74 Å². The molecule has 3 aliphatic rings. The van der Waals surface area contributed by atoms with Gasteiger partial charge in [0.2, 0.25) is 5.56 Å². The second kappa shape index (κ2) is 3.19. The molecule has 2 fully saturated rings. The van der Waals surface area contributed by atoms with Crippen molar-refractivity contribution in [2.24, 2.45) is 11.7 Å². The molecular weight excluding hydrogens is 240 g/mol. The van der Waals surface area contributed by atoms with Gasteiger partial charge in [-0.05, 0) is 37.5 Å². The predicted octanol–water partition coefficient (Wildman–Crippen LogP) is 1.21. The topological polar surface area (TPSA) is 71.4 Å². The SMILES string of the molecule is C/C=C1\C2Cc3[nH]c(=O)ccc3C1(N)CC1(C)OC21. The van der Waals surface area contributed by atoms with Crippen molar-refractivity contribution in [3.63, 3.8) is 0 Å². The van der Waals surface area contributed by atoms with E-state index in [2.05, 4.69) is 18.0 Å². The lowest BCUT2D eigenvalue weighted by Crippen LogP contribution is -2.53. The fourth-order valence-electron chi connectivity index (χ4n) is 4.31. The van der Waals surface area contributed by atoms with Crippen molar-refractivity contribution in [3.8, 4) is 0 Å². The minimum absolute atomic E-state index is 0.0520. The van der Waals surface area contributed by atoms with Crippen LogP contribution < -0.4 is 11.3 Å². The van der Waals surface area contributed by atoms with E-state index in [1.165, 1.54) is 5.57 Å². The minimum Gasteiger partial charge on any atom is -0.366 e. The molecule has 1 aromatic rings. The summed E-state index contributed by atoms with van der Waals surface area (Å²) in [5.41, 5.74) is 9.45. The lowest BCUT2D eigenvalue weighted by atomic mass is 9.60. The summed E-state index contributed by atoms with van der Waals surface area (Å²) in [6.45, 7) is 4.20. The number of aromatic amines is 1. The molecule has 0 amide bonds. The van der Waals surface area contributed by atoms with E-state index < -0.39 is 5.54 Å². The second-order valence-corrected chi connectivity index (χ2v) is 6.27. The first-order valence-electron chi connectivity index (χ1n) is 6.84. The van der Waals surface area contributed by atoms with Crippen LogP contribution in [0.1, 0.15) is 31.5 Å². The molecule has 4 unspecified atom stereocenters. The Morgan fingerprint density at radius 3 is 3.05 bits per heavy atom. The van der Waals surface area contributed by atoms with Gasteiger partial charge >= 0.3 is 0 Å². The molecule has 0 radical (unpaired) electrons. The van der Waals surface area contributed by atoms with Gasteiger partial charge in [-0.25, -0.2) is 0 Å². The third-order valence-corrected chi connectivity index (χ3v) is 5.07. The zero-order valence-electron chi connectivity index (χ0n) is 11.2. The maximum atomic E-state index is 11.5. The number of pyridine rings is 1. The fourth-order valence-corrected chi connectivity index (χ4v) is 4.31. The molecule has 2 bridgehead atoms. The second-order valence-electron chi connectivity index (χ2n) is 6.27. The number of ether oxygens (including phenoxy) is 1. The van der Waals surface area contributed by atoms with E-state index in [1.807, 2.05) is 13.0 Å². The first-order valence-corrected chi connectivity index (χ1v) is 6.84. The van der Waals surface area contributed by atoms with E-state index in [0.717, 1.165) is 24.1 Å². The van der Waals surface area contributed by atoms with Crippen LogP contribution in [0.2, 0.25) is 0 Å². The van der Waals surface area contributed by atoms with Gasteiger partial charge in [0.25, 0.3) is 0 Å². The average Bonchev–Trinajstić information content (AvgIpc) is 2.99. The summed E-state index contributed by atoms with van der Waals surface area (Å²) < 4.78 is 5.93. The van der Waals surface area contributed by atoms with Gasteiger partial charge in [0.05, 0.1) is 17.2 Å². The van der Waals surface area contributed by atoms with Crippen LogP contribution >= 0.6 is 0 Å². The zero-order chi connectivity index (χ0) is 13.4. The number of nitrogens with two attached hydrogens (primary N) is 1. The Morgan fingerprint density at radius 2 is 2.32 bits per heavy atom. The van der Waals surface area contributed by atoms with Crippen LogP contribution in [0.3, 0.4) is 0 Å². The number of epoxide rings is 1. The van der Waals surface area contributed by atoms with Crippen molar-refractivity contribution in [1.82, 2.24) is 4.98 Å². The summed E-state index contributed by atoms with van der Waals surface area (Å²) in [6, 6.07) is 3.46. The largest absolute Gasteiger partial charge is 0.366 e. The maximum absolute atomic E-state index is 11.5. The lowest BCUT2D eigenvalue weighted by Gasteiger charge is -2.46. The standard InChI is InChI=1S/C15H18N2O2/c1-3-9-8-6-11-10(4-5-12(18)17-11)15(9,16)7-14(2)13(8)19-14/h3-5,8,13H,6-7,16H2,1-2H3,(H,17,18)/b9-3+. The molecule has 2 heterocycles. The molecule has 4 nitrogen and oxygen atoms in total. The van der Waals surface area contributed by atoms with Crippen LogP contribution in [0.4, 0.5) is 0 Å². The van der Waals surface area contributed by atoms with Crippen LogP contribution in [0.5, 0.6) is 0 Å². The monoisotopic (exact) mass is 258 g/mol. The number of rotatable bonds is 0. The smallest absolute Gasteiger partial charge is 0.248 e. The molecule has 1 aromatic heterocycles. The third-order valence-electron chi connectivity index (χ3n) is 5.07. The highest BCUT2D eigenvalue weighted by molar-refractivity contribution is 5.48. The summed E-state index contributed by atoms with van der Waals surface area (Å²) in [4.78, 5) is 14.5. The Morgan fingerprint density at radius 1 is 1.53 bits per heavy atom. The van der Waals surface area contributed by atoms with Gasteiger partial charge in [-0.2, -0.15) is 0 Å². The highest BCUT2D eigenvalue weighted by Crippen LogP contribution is 2.61. The molecule has 1 saturated heterocycles. The van der Waals surface area contributed by atoms with Crippen molar-refractivity contribution >= 4 is 0 Å². The van der Waals surface area contributed by atoms with Crippen molar-refractivity contribution in [2.75, 3.05) is 0 Å². The molecule has 3 N–H and O–H groups in total. The number of fused-ring (bicyclic) bond motifs is 6. The molecule has 1 aliphatic heterocycles. The summed E-state index contributed by atoms with van der Waals surface area (Å²) in [5, 5.41) is 0. The van der Waals surface area contributed by atoms with E-state index in [-0.39, 0.29) is 17.3 Å². The highest BCUT2D eigenvalue weighted by atomic mass is 16.6. The molecule has 19 heavy (non-hydrogen) atoms. The summed E-state index contributed by atoms with van der Waals surface area (Å²) in [5.74, 6) is 0.305. The molecule has 1 saturated carbocycles. The fraction of sp³-hybridized carbons (Fsp3) is 0.533. The lowest BCUT2D eigenvalue weighted by molar-refractivity contribution is 0.265. The number of nitrogens with one attached hydrogen (secondary N) is 1. The van der Waals surface area contributed by atoms with Crippen LogP contribution in [0, 0.1) is 5.92 Å². The van der Waals surface area contributed by atoms with Gasteiger partial charge in [0.1, 0.15) is 0 Å². The molecule has 2 aliphatic carbocycles. The van der Waals surface area contributed by atoms with Crippen LogP contribution in [-0.4, -0.2) is 16.7 Å². The van der Waals surface area contributed by atoms with Gasteiger partial charge in [-0.3, -0.25) is 4.79 Å². The van der Waals surface area contributed by atoms with Crippen molar-refractivity contribution in [3.05, 3.63) is 45.4 Å². The number of H-pyrrole nitrogens is 1. The van der Waals surface area contributed by atoms with Crippen LogP contribution in [0.25, 0.3) is 0 Å². The van der Waals surface area contributed by atoms with E-state index in [1.54, 1.807) is 6.07 Å². The van der Waals surface area contributed by atoms with Gasteiger partial charge in [0.15, 0.2) is 0 Å². The minimum atomic E-state index is -0.487. The predicted molar refractivity (Wildman–Crippen MR) is 71.8 cm³/mol. The van der Waals surface area contributed by atoms with Crippen molar-refractivity contribution in [2.45, 2.75) is 43.9 Å². The Balaban J connectivity index is 1.98. The van der Waals surface area contributed by atoms with Gasteiger partial charge in [-0.1, -0.05) is 6.08 Å². The van der Waals surface area contributed by atoms with Crippen LogP contribution in [-0.2, 0) is 16.7 Å². The molecule has 4 heteroatoms. The summed E-state index contributed by atoms with van der Waals surface area (Å²) in [7, 11) is 0. The van der Waals surface area contributed by atoms with E-state index in [9.17, 15) is 4.79 Å². The number of allylic oxidation sites excluding steroid dienone is 1. The highest BCUT2D eigenvalue weighted by Gasteiger charge is 2.67. The number of hydrogen-bond acceptors (Lipinski definition) is 3. The van der Waals surface area contributed by atoms with Crippen molar-refractivity contribution in [1.29, 1.82) is 0 Å². The first kappa shape index (κ1) is 11.4. The number of aromatic nitrogens is 1. The average molecular weight is 258 g/mol.